The van der Waals surface area contributed by atoms with Crippen molar-refractivity contribution in [2.24, 2.45) is 0 Å². The van der Waals surface area contributed by atoms with Crippen molar-refractivity contribution in [3.8, 4) is 22.6 Å². The zero-order chi connectivity index (χ0) is 28.8. The number of aromatic nitrogens is 2. The molecule has 0 atom stereocenters. The smallest absolute Gasteiger partial charge is 0.161 e. The van der Waals surface area contributed by atoms with E-state index in [0.29, 0.717) is 0 Å². The van der Waals surface area contributed by atoms with Crippen molar-refractivity contribution in [3.05, 3.63) is 133 Å². The van der Waals surface area contributed by atoms with Crippen molar-refractivity contribution in [1.29, 1.82) is 0 Å². The minimum Gasteiger partial charge on any atom is -0.456 e. The molecule has 10 aromatic rings. The van der Waals surface area contributed by atoms with Crippen LogP contribution in [0.4, 0.5) is 0 Å². The third kappa shape index (κ3) is 3.37. The zero-order valence-electron chi connectivity index (χ0n) is 23.4. The number of hydrogen-bond donors (Lipinski definition) is 0. The van der Waals surface area contributed by atoms with Gasteiger partial charge in [-0.25, -0.2) is 9.97 Å². The lowest BCUT2D eigenvalue weighted by atomic mass is 9.96. The first-order valence-corrected chi connectivity index (χ1v) is 15.6. The fraction of sp³-hybridized carbons (Fsp3) is 0. The van der Waals surface area contributed by atoms with E-state index in [2.05, 4.69) is 121 Å². The summed E-state index contributed by atoms with van der Waals surface area (Å²) in [6, 6.07) is 47.1. The van der Waals surface area contributed by atoms with Crippen molar-refractivity contribution in [2.75, 3.05) is 0 Å². The van der Waals surface area contributed by atoms with Gasteiger partial charge in [-0.15, -0.1) is 11.3 Å². The fourth-order valence-corrected chi connectivity index (χ4v) is 8.04. The molecule has 204 valence electrons. The molecule has 4 heteroatoms. The monoisotopic (exact) mass is 578 g/mol. The Balaban J connectivity index is 1.36. The first kappa shape index (κ1) is 23.9. The van der Waals surface area contributed by atoms with Crippen LogP contribution in [0.3, 0.4) is 0 Å². The van der Waals surface area contributed by atoms with Gasteiger partial charge in [0, 0.05) is 47.5 Å². The highest BCUT2D eigenvalue weighted by atomic mass is 32.1. The number of rotatable bonds is 2. The van der Waals surface area contributed by atoms with Crippen LogP contribution in [0.1, 0.15) is 0 Å². The topological polar surface area (TPSA) is 38.9 Å². The quantitative estimate of drug-likeness (QED) is 0.192. The van der Waals surface area contributed by atoms with Gasteiger partial charge < -0.3 is 4.42 Å². The Morgan fingerprint density at radius 3 is 2.11 bits per heavy atom. The molecule has 0 saturated carbocycles. The third-order valence-electron chi connectivity index (χ3n) is 8.85. The molecule has 0 spiro atoms. The van der Waals surface area contributed by atoms with E-state index in [9.17, 15) is 0 Å². The van der Waals surface area contributed by atoms with Crippen LogP contribution in [0, 0.1) is 0 Å². The van der Waals surface area contributed by atoms with E-state index >= 15 is 0 Å². The summed E-state index contributed by atoms with van der Waals surface area (Å²) < 4.78 is 8.85. The Bertz CT molecular complexity index is 2790. The molecule has 0 fully saturated rings. The number of furan rings is 1. The van der Waals surface area contributed by atoms with Gasteiger partial charge in [0.05, 0.1) is 11.2 Å². The summed E-state index contributed by atoms with van der Waals surface area (Å²) in [4.78, 5) is 10.8. The molecule has 3 heterocycles. The number of fused-ring (bicyclic) bond motifs is 10. The van der Waals surface area contributed by atoms with E-state index in [1.807, 2.05) is 23.5 Å². The molecule has 0 saturated heterocycles. The molecule has 0 amide bonds. The summed E-state index contributed by atoms with van der Waals surface area (Å²) in [7, 11) is 0. The lowest BCUT2D eigenvalue weighted by molar-refractivity contribution is 0.669. The molecule has 10 rings (SSSR count). The number of para-hydroxylation sites is 1. The fourth-order valence-electron chi connectivity index (χ4n) is 6.88. The van der Waals surface area contributed by atoms with Gasteiger partial charge in [-0.1, -0.05) is 97.1 Å². The number of benzene rings is 7. The van der Waals surface area contributed by atoms with Crippen molar-refractivity contribution < 1.29 is 4.42 Å². The Labute approximate surface area is 255 Å². The second-order valence-corrected chi connectivity index (χ2v) is 12.4. The van der Waals surface area contributed by atoms with Gasteiger partial charge in [-0.3, -0.25) is 0 Å². The zero-order valence-corrected chi connectivity index (χ0v) is 24.2. The predicted molar refractivity (Wildman–Crippen MR) is 186 cm³/mol. The minimum atomic E-state index is 0.734. The number of hydrogen-bond acceptors (Lipinski definition) is 4. The first-order chi connectivity index (χ1) is 21.8. The van der Waals surface area contributed by atoms with Gasteiger partial charge in [0.25, 0.3) is 0 Å². The molecule has 3 nitrogen and oxygen atoms in total. The Kier molecular flexibility index (Phi) is 4.87. The maximum Gasteiger partial charge on any atom is 0.161 e. The van der Waals surface area contributed by atoms with Crippen molar-refractivity contribution >= 4 is 85.9 Å². The van der Waals surface area contributed by atoms with E-state index < -0.39 is 0 Å². The van der Waals surface area contributed by atoms with Crippen LogP contribution in [0.5, 0.6) is 0 Å². The van der Waals surface area contributed by atoms with Crippen LogP contribution in [-0.4, -0.2) is 9.97 Å². The van der Waals surface area contributed by atoms with Crippen LogP contribution in [0.25, 0.3) is 97.2 Å². The van der Waals surface area contributed by atoms with Gasteiger partial charge in [0.1, 0.15) is 11.2 Å². The highest BCUT2D eigenvalue weighted by Gasteiger charge is 2.21. The van der Waals surface area contributed by atoms with Gasteiger partial charge in [0.2, 0.25) is 0 Å². The predicted octanol–water partition coefficient (Wildman–Crippen LogP) is 11.5. The SMILES string of the molecule is c1ccc2c(-c3nc(-c4ccc5c(c4)oc4ccccc45)c4c(ccc5ccccc54)n3)c3c(cc2c1)sc1ccccc13. The lowest BCUT2D eigenvalue weighted by Crippen LogP contribution is -1.97. The van der Waals surface area contributed by atoms with Gasteiger partial charge in [-0.05, 0) is 57.9 Å². The van der Waals surface area contributed by atoms with Crippen LogP contribution in [0.15, 0.2) is 138 Å². The molecule has 44 heavy (non-hydrogen) atoms. The van der Waals surface area contributed by atoms with E-state index in [-0.39, 0.29) is 0 Å². The van der Waals surface area contributed by atoms with Crippen LogP contribution in [0.2, 0.25) is 0 Å². The van der Waals surface area contributed by atoms with Gasteiger partial charge in [0.15, 0.2) is 5.82 Å². The van der Waals surface area contributed by atoms with Crippen LogP contribution < -0.4 is 0 Å². The van der Waals surface area contributed by atoms with Crippen molar-refractivity contribution in [2.45, 2.75) is 0 Å². The summed E-state index contributed by atoms with van der Waals surface area (Å²) in [5, 5.41) is 10.4. The van der Waals surface area contributed by atoms with Crippen LogP contribution >= 0.6 is 11.3 Å². The third-order valence-corrected chi connectivity index (χ3v) is 9.97. The van der Waals surface area contributed by atoms with E-state index in [1.54, 1.807) is 0 Å². The van der Waals surface area contributed by atoms with Crippen molar-refractivity contribution in [3.63, 3.8) is 0 Å². The summed E-state index contributed by atoms with van der Waals surface area (Å²) in [5.74, 6) is 0.734. The molecular formula is C40H22N2OS. The molecule has 3 aromatic heterocycles. The molecule has 0 aliphatic carbocycles. The second kappa shape index (κ2) is 8.96. The molecule has 0 unspecified atom stereocenters. The highest BCUT2D eigenvalue weighted by Crippen LogP contribution is 2.45. The summed E-state index contributed by atoms with van der Waals surface area (Å²) in [6.45, 7) is 0. The number of thiophene rings is 1. The van der Waals surface area contributed by atoms with E-state index in [0.717, 1.165) is 66.3 Å². The summed E-state index contributed by atoms with van der Waals surface area (Å²) in [5.41, 5.74) is 5.66. The molecule has 0 radical (unpaired) electrons. The first-order valence-electron chi connectivity index (χ1n) is 14.7. The minimum absolute atomic E-state index is 0.734. The maximum atomic E-state index is 6.34. The van der Waals surface area contributed by atoms with Crippen molar-refractivity contribution in [1.82, 2.24) is 9.97 Å². The maximum absolute atomic E-state index is 6.34. The van der Waals surface area contributed by atoms with Gasteiger partial charge >= 0.3 is 0 Å². The van der Waals surface area contributed by atoms with Crippen LogP contribution in [-0.2, 0) is 0 Å². The van der Waals surface area contributed by atoms with E-state index in [4.69, 9.17) is 14.4 Å². The normalized spacial score (nSPS) is 12.1. The Morgan fingerprint density at radius 1 is 0.477 bits per heavy atom. The highest BCUT2D eigenvalue weighted by molar-refractivity contribution is 7.26. The number of nitrogens with zero attached hydrogens (tertiary/aromatic N) is 2. The Morgan fingerprint density at radius 2 is 1.20 bits per heavy atom. The molecular weight excluding hydrogens is 557 g/mol. The summed E-state index contributed by atoms with van der Waals surface area (Å²) >= 11 is 1.83. The average molecular weight is 579 g/mol. The molecule has 0 aliphatic heterocycles. The summed E-state index contributed by atoms with van der Waals surface area (Å²) in [6.07, 6.45) is 0. The average Bonchev–Trinajstić information content (AvgIpc) is 3.64. The Hall–Kier alpha value is -5.58. The molecule has 0 N–H and O–H groups in total. The molecule has 0 aliphatic rings. The van der Waals surface area contributed by atoms with Gasteiger partial charge in [-0.2, -0.15) is 0 Å². The second-order valence-electron chi connectivity index (χ2n) is 11.3. The molecule has 0 bridgehead atoms. The van der Waals surface area contributed by atoms with E-state index in [1.165, 1.54) is 30.9 Å². The lowest BCUT2D eigenvalue weighted by Gasteiger charge is -2.14. The standard InChI is InChI=1S/C40H22N2OS/c1-3-11-26-23(9-1)18-20-31-36(26)39(25-17-19-29-28-13-5-7-15-32(28)43-33(29)21-25)42-40(41-31)38-27-12-4-2-10-24(27)22-35-37(38)30-14-6-8-16-34(30)44-35/h1-22H. The largest absolute Gasteiger partial charge is 0.456 e. The molecule has 7 aromatic carbocycles.